The van der Waals surface area contributed by atoms with E-state index in [1.807, 2.05) is 6.21 Å². The minimum absolute atomic E-state index is 0.154. The van der Waals surface area contributed by atoms with Gasteiger partial charge in [-0.25, -0.2) is 0 Å². The van der Waals surface area contributed by atoms with Crippen LogP contribution in [0, 0.1) is 17.8 Å². The van der Waals surface area contributed by atoms with Crippen LogP contribution in [0.3, 0.4) is 0 Å². The van der Waals surface area contributed by atoms with Crippen LogP contribution in [0.25, 0.3) is 11.1 Å². The average molecular weight is 536 g/mol. The quantitative estimate of drug-likeness (QED) is 0.403. The Balaban J connectivity index is 1.21. The molecule has 2 heterocycles. The second-order valence-corrected chi connectivity index (χ2v) is 11.6. The average Bonchev–Trinajstić information content (AvgIpc) is 3.05. The Bertz CT molecular complexity index is 1580. The van der Waals surface area contributed by atoms with Gasteiger partial charge in [-0.15, -0.1) is 0 Å². The third kappa shape index (κ3) is 5.13. The minimum atomic E-state index is 0.154. The van der Waals surface area contributed by atoms with Crippen molar-refractivity contribution < 1.29 is 0 Å². The lowest BCUT2D eigenvalue weighted by molar-refractivity contribution is 0.191. The highest BCUT2D eigenvalue weighted by Crippen LogP contribution is 2.42. The molecule has 0 amide bonds. The first-order chi connectivity index (χ1) is 20.2. The van der Waals surface area contributed by atoms with Gasteiger partial charge in [0.1, 0.15) is 6.17 Å². The van der Waals surface area contributed by atoms with Crippen LogP contribution >= 0.6 is 0 Å². The molecule has 204 valence electrons. The molecule has 2 aromatic carbocycles. The predicted molar refractivity (Wildman–Crippen MR) is 171 cm³/mol. The zero-order chi connectivity index (χ0) is 27.6. The van der Waals surface area contributed by atoms with E-state index in [4.69, 9.17) is 0 Å². The Morgan fingerprint density at radius 1 is 0.878 bits per heavy atom. The minimum Gasteiger partial charge on any atom is -0.364 e. The van der Waals surface area contributed by atoms with E-state index in [0.29, 0.717) is 30.2 Å². The lowest BCUT2D eigenvalue weighted by atomic mass is 9.76. The molecule has 1 N–H and O–H groups in total. The summed E-state index contributed by atoms with van der Waals surface area (Å²) in [5.41, 5.74) is 9.14. The van der Waals surface area contributed by atoms with E-state index >= 15 is 0 Å². The van der Waals surface area contributed by atoms with E-state index in [1.54, 1.807) is 0 Å². The highest BCUT2D eigenvalue weighted by Gasteiger charge is 2.36. The molecular weight excluding hydrogens is 498 g/mol. The first-order valence-electron chi connectivity index (χ1n) is 14.9. The van der Waals surface area contributed by atoms with Crippen LogP contribution in [-0.2, 0) is 0 Å². The van der Waals surface area contributed by atoms with Crippen molar-refractivity contribution in [2.45, 2.75) is 24.9 Å². The molecule has 5 unspecified atom stereocenters. The fourth-order valence-electron chi connectivity index (χ4n) is 6.96. The molecular formula is C38H37N3. The summed E-state index contributed by atoms with van der Waals surface area (Å²) in [5.74, 6) is 1.63. The lowest BCUT2D eigenvalue weighted by Gasteiger charge is -2.45. The molecule has 3 heteroatoms. The summed E-state index contributed by atoms with van der Waals surface area (Å²) in [5, 5.41) is 3.97. The highest BCUT2D eigenvalue weighted by molar-refractivity contribution is 5.74. The third-order valence-electron chi connectivity index (χ3n) is 9.15. The van der Waals surface area contributed by atoms with Crippen LogP contribution in [0.4, 0.5) is 0 Å². The molecule has 0 aromatic heterocycles. The normalized spacial score (nSPS) is 30.1. The van der Waals surface area contributed by atoms with Crippen molar-refractivity contribution in [2.75, 3.05) is 13.6 Å². The Kier molecular flexibility index (Phi) is 7.02. The number of benzene rings is 2. The number of hydrogen-bond acceptors (Lipinski definition) is 3. The molecule has 2 aliphatic heterocycles. The number of allylic oxidation sites excluding steroid dienone is 11. The van der Waals surface area contributed by atoms with Gasteiger partial charge in [-0.3, -0.25) is 4.99 Å². The number of nitrogens with one attached hydrogen (secondary N) is 1. The largest absolute Gasteiger partial charge is 0.364 e. The summed E-state index contributed by atoms with van der Waals surface area (Å²) in [7, 11) is 2.27. The van der Waals surface area contributed by atoms with E-state index in [2.05, 4.69) is 150 Å². The lowest BCUT2D eigenvalue weighted by Crippen LogP contribution is -2.51. The second kappa shape index (κ2) is 11.2. The van der Waals surface area contributed by atoms with Gasteiger partial charge in [0.25, 0.3) is 0 Å². The summed E-state index contributed by atoms with van der Waals surface area (Å²) in [6.45, 7) is 0.710. The number of rotatable bonds is 4. The summed E-state index contributed by atoms with van der Waals surface area (Å²) in [6.07, 6.45) is 31.7. The van der Waals surface area contributed by atoms with E-state index in [0.717, 1.165) is 12.8 Å². The van der Waals surface area contributed by atoms with Gasteiger partial charge in [-0.1, -0.05) is 115 Å². The van der Waals surface area contributed by atoms with Crippen molar-refractivity contribution in [3.05, 3.63) is 156 Å². The van der Waals surface area contributed by atoms with Crippen LogP contribution in [0.15, 0.2) is 155 Å². The van der Waals surface area contributed by atoms with Gasteiger partial charge in [0.05, 0.1) is 6.54 Å². The van der Waals surface area contributed by atoms with Crippen LogP contribution in [-0.4, -0.2) is 30.9 Å². The predicted octanol–water partition coefficient (Wildman–Crippen LogP) is 7.90. The maximum atomic E-state index is 4.57. The SMILES string of the molecule is CN1C(C2=CC=CC3C=CC=CC23)=CC(=C2C=CC=NC2)NC1C1C=CCC(c2cccc(-c3ccccc3)c2)C1. The van der Waals surface area contributed by atoms with Gasteiger partial charge >= 0.3 is 0 Å². The standard InChI is InChI=1S/C38H37N3/c1-41-37(35-21-9-14-28-13-5-6-20-34(28)35)25-36(33-19-10-22-39-26-33)40-38(41)32-18-8-17-31(24-32)30-16-7-15-29(23-30)27-11-3-2-4-12-27/h2-16,18-23,25,28,31-32,34,38,40H,17,24,26H2,1H3. The van der Waals surface area contributed by atoms with E-state index < -0.39 is 0 Å². The number of nitrogens with zero attached hydrogens (tertiary/aromatic N) is 2. The molecule has 0 saturated heterocycles. The molecule has 0 saturated carbocycles. The Labute approximate surface area is 244 Å². The topological polar surface area (TPSA) is 27.6 Å². The maximum absolute atomic E-state index is 4.57. The first kappa shape index (κ1) is 25.6. The molecule has 2 aromatic rings. The van der Waals surface area contributed by atoms with Crippen LogP contribution in [0.1, 0.15) is 24.3 Å². The molecule has 0 spiro atoms. The van der Waals surface area contributed by atoms with E-state index in [1.165, 1.54) is 39.2 Å². The van der Waals surface area contributed by atoms with Crippen molar-refractivity contribution in [3.8, 4) is 11.1 Å². The van der Waals surface area contributed by atoms with Crippen molar-refractivity contribution in [1.82, 2.24) is 10.2 Å². The monoisotopic (exact) mass is 535 g/mol. The molecule has 3 aliphatic carbocycles. The van der Waals surface area contributed by atoms with Gasteiger partial charge in [-0.2, -0.15) is 0 Å². The van der Waals surface area contributed by atoms with Crippen molar-refractivity contribution in [1.29, 1.82) is 0 Å². The van der Waals surface area contributed by atoms with Gasteiger partial charge in [0.15, 0.2) is 0 Å². The molecule has 7 rings (SSSR count). The van der Waals surface area contributed by atoms with Gasteiger partial charge < -0.3 is 10.2 Å². The van der Waals surface area contributed by atoms with Crippen LogP contribution < -0.4 is 5.32 Å². The van der Waals surface area contributed by atoms with Gasteiger partial charge in [-0.05, 0) is 58.7 Å². The zero-order valence-corrected chi connectivity index (χ0v) is 23.6. The highest BCUT2D eigenvalue weighted by atomic mass is 15.3. The van der Waals surface area contributed by atoms with Crippen LogP contribution in [0.2, 0.25) is 0 Å². The third-order valence-corrected chi connectivity index (χ3v) is 9.15. The smallest absolute Gasteiger partial charge is 0.105 e. The van der Waals surface area contributed by atoms with Gasteiger partial charge in [0, 0.05) is 42.4 Å². The molecule has 5 atom stereocenters. The fourth-order valence-corrected chi connectivity index (χ4v) is 6.96. The maximum Gasteiger partial charge on any atom is 0.105 e. The van der Waals surface area contributed by atoms with E-state index in [9.17, 15) is 0 Å². The van der Waals surface area contributed by atoms with Crippen molar-refractivity contribution in [2.24, 2.45) is 22.7 Å². The number of likely N-dealkylation sites (N-methyl/N-ethyl adjacent to an activating group) is 1. The van der Waals surface area contributed by atoms with Crippen molar-refractivity contribution >= 4 is 6.21 Å². The Morgan fingerprint density at radius 3 is 2.61 bits per heavy atom. The summed E-state index contributed by atoms with van der Waals surface area (Å²) >= 11 is 0. The van der Waals surface area contributed by atoms with Crippen molar-refractivity contribution in [3.63, 3.8) is 0 Å². The summed E-state index contributed by atoms with van der Waals surface area (Å²) in [4.78, 5) is 7.06. The fraction of sp³-hybridized carbons (Fsp3) is 0.237. The number of hydrogen-bond donors (Lipinski definition) is 1. The zero-order valence-electron chi connectivity index (χ0n) is 23.6. The molecule has 0 fully saturated rings. The second-order valence-electron chi connectivity index (χ2n) is 11.6. The Hall–Kier alpha value is -4.37. The molecule has 3 nitrogen and oxygen atoms in total. The molecule has 0 radical (unpaired) electrons. The van der Waals surface area contributed by atoms with Crippen LogP contribution in [0.5, 0.6) is 0 Å². The summed E-state index contributed by atoms with van der Waals surface area (Å²) in [6, 6.07) is 19.9. The van der Waals surface area contributed by atoms with Gasteiger partial charge in [0.2, 0.25) is 0 Å². The molecule has 0 bridgehead atoms. The molecule has 5 aliphatic rings. The van der Waals surface area contributed by atoms with E-state index in [-0.39, 0.29) is 6.17 Å². The Morgan fingerprint density at radius 2 is 1.73 bits per heavy atom. The number of dihydropyridines is 1. The number of aliphatic imine (C=N–C) groups is 1. The first-order valence-corrected chi connectivity index (χ1v) is 14.9. The summed E-state index contributed by atoms with van der Waals surface area (Å²) < 4.78 is 0. The number of fused-ring (bicyclic) bond motifs is 1. The molecule has 41 heavy (non-hydrogen) atoms.